The molecule has 2 aromatic rings. The van der Waals surface area contributed by atoms with Gasteiger partial charge in [0.1, 0.15) is 12.4 Å². The maximum absolute atomic E-state index is 13.4. The fraction of sp³-hybridized carbons (Fsp3) is 0.381. The molecule has 0 N–H and O–H groups in total. The predicted octanol–water partition coefficient (Wildman–Crippen LogP) is 1.97. The first kappa shape index (κ1) is 19.9. The van der Waals surface area contributed by atoms with Crippen LogP contribution in [0.3, 0.4) is 0 Å². The fourth-order valence-electron chi connectivity index (χ4n) is 4.34. The molecule has 1 spiro atoms. The molecule has 1 saturated heterocycles. The van der Waals surface area contributed by atoms with Gasteiger partial charge in [0.05, 0.1) is 17.5 Å². The molecule has 2 aromatic carbocycles. The van der Waals surface area contributed by atoms with Crippen molar-refractivity contribution in [1.29, 1.82) is 0 Å². The van der Waals surface area contributed by atoms with Crippen LogP contribution in [0.4, 0.5) is 0 Å². The van der Waals surface area contributed by atoms with E-state index >= 15 is 0 Å². The van der Waals surface area contributed by atoms with Crippen molar-refractivity contribution in [3.8, 4) is 5.75 Å². The number of carbonyl (C=O) groups is 1. The number of methoxy groups -OCH3 is 2. The van der Waals surface area contributed by atoms with Gasteiger partial charge < -0.3 is 14.4 Å². The minimum Gasteiger partial charge on any atom is -0.497 e. The molecule has 0 radical (unpaired) electrons. The van der Waals surface area contributed by atoms with Gasteiger partial charge in [-0.05, 0) is 35.7 Å². The Kier molecular flexibility index (Phi) is 5.10. The molecule has 2 heterocycles. The van der Waals surface area contributed by atoms with Crippen molar-refractivity contribution >= 4 is 15.9 Å². The molecule has 0 bridgehead atoms. The number of nitrogens with zero attached hydrogens (tertiary/aromatic N) is 2. The third-order valence-corrected chi connectivity index (χ3v) is 7.76. The average molecular weight is 416 g/mol. The van der Waals surface area contributed by atoms with Gasteiger partial charge in [-0.1, -0.05) is 30.3 Å². The number of likely N-dealkylation sites (tertiary alicyclic amines) is 1. The second-order valence-corrected chi connectivity index (χ2v) is 9.22. The Hall–Kier alpha value is -2.42. The second kappa shape index (κ2) is 7.44. The zero-order valence-corrected chi connectivity index (χ0v) is 17.3. The van der Waals surface area contributed by atoms with E-state index in [1.807, 2.05) is 36.4 Å². The van der Waals surface area contributed by atoms with Crippen LogP contribution in [0.25, 0.3) is 0 Å². The SMILES string of the molecule is COCC(=O)N1CCC2(C1)c1ccccc1S(=O)(=O)N2Cc1ccc(OC)cc1. The van der Waals surface area contributed by atoms with Crippen LogP contribution in [0.5, 0.6) is 5.75 Å². The van der Waals surface area contributed by atoms with E-state index in [0.717, 1.165) is 11.1 Å². The molecule has 29 heavy (non-hydrogen) atoms. The highest BCUT2D eigenvalue weighted by atomic mass is 32.2. The van der Waals surface area contributed by atoms with Gasteiger partial charge in [-0.25, -0.2) is 8.42 Å². The molecule has 0 aliphatic carbocycles. The van der Waals surface area contributed by atoms with Crippen molar-refractivity contribution in [2.75, 3.05) is 33.9 Å². The summed E-state index contributed by atoms with van der Waals surface area (Å²) in [6.07, 6.45) is 0.550. The number of carbonyl (C=O) groups excluding carboxylic acids is 1. The van der Waals surface area contributed by atoms with Gasteiger partial charge in [0, 0.05) is 26.7 Å². The van der Waals surface area contributed by atoms with Crippen LogP contribution in [0, 0.1) is 0 Å². The lowest BCUT2D eigenvalue weighted by Crippen LogP contribution is -2.46. The van der Waals surface area contributed by atoms with Crippen molar-refractivity contribution in [1.82, 2.24) is 9.21 Å². The Morgan fingerprint density at radius 2 is 1.83 bits per heavy atom. The van der Waals surface area contributed by atoms with Crippen LogP contribution in [-0.4, -0.2) is 57.4 Å². The van der Waals surface area contributed by atoms with E-state index in [-0.39, 0.29) is 19.1 Å². The number of ether oxygens (including phenoxy) is 2. The lowest BCUT2D eigenvalue weighted by Gasteiger charge is -2.34. The second-order valence-electron chi connectivity index (χ2n) is 7.39. The van der Waals surface area contributed by atoms with Crippen molar-refractivity contribution in [3.05, 3.63) is 59.7 Å². The normalized spacial score (nSPS) is 22.8. The summed E-state index contributed by atoms with van der Waals surface area (Å²) in [5.74, 6) is 0.587. The number of hydrogen-bond donors (Lipinski definition) is 0. The highest BCUT2D eigenvalue weighted by Gasteiger charge is 2.57. The van der Waals surface area contributed by atoms with Crippen molar-refractivity contribution < 1.29 is 22.7 Å². The van der Waals surface area contributed by atoms with Crippen molar-refractivity contribution in [2.24, 2.45) is 0 Å². The maximum atomic E-state index is 13.4. The highest BCUT2D eigenvalue weighted by molar-refractivity contribution is 7.89. The molecule has 1 fully saturated rings. The molecular weight excluding hydrogens is 392 g/mol. The Labute approximate surface area is 170 Å². The summed E-state index contributed by atoms with van der Waals surface area (Å²) < 4.78 is 38.6. The molecule has 1 unspecified atom stereocenters. The number of fused-ring (bicyclic) bond motifs is 2. The summed E-state index contributed by atoms with van der Waals surface area (Å²) >= 11 is 0. The quantitative estimate of drug-likeness (QED) is 0.745. The van der Waals surface area contributed by atoms with E-state index in [4.69, 9.17) is 9.47 Å². The number of amides is 1. The molecule has 8 heteroatoms. The largest absolute Gasteiger partial charge is 0.497 e. The van der Waals surface area contributed by atoms with Gasteiger partial charge in [-0.2, -0.15) is 4.31 Å². The summed E-state index contributed by atoms with van der Waals surface area (Å²) in [6, 6.07) is 14.5. The Morgan fingerprint density at radius 3 is 2.52 bits per heavy atom. The highest BCUT2D eigenvalue weighted by Crippen LogP contribution is 2.50. The molecule has 154 valence electrons. The monoisotopic (exact) mass is 416 g/mol. The summed E-state index contributed by atoms with van der Waals surface area (Å²) in [5.41, 5.74) is 0.864. The number of sulfonamides is 1. The van der Waals surface area contributed by atoms with Crippen molar-refractivity contribution in [3.63, 3.8) is 0 Å². The number of rotatable bonds is 5. The topological polar surface area (TPSA) is 76.2 Å². The van der Waals surface area contributed by atoms with Gasteiger partial charge in [0.25, 0.3) is 0 Å². The van der Waals surface area contributed by atoms with E-state index < -0.39 is 15.6 Å². The summed E-state index contributed by atoms with van der Waals surface area (Å²) in [6.45, 7) is 1.03. The molecule has 4 rings (SSSR count). The van der Waals surface area contributed by atoms with E-state index in [2.05, 4.69) is 0 Å². The van der Waals surface area contributed by atoms with E-state index in [1.165, 1.54) is 7.11 Å². The lowest BCUT2D eigenvalue weighted by atomic mass is 9.88. The predicted molar refractivity (Wildman–Crippen MR) is 107 cm³/mol. The van der Waals surface area contributed by atoms with E-state index in [0.29, 0.717) is 30.2 Å². The van der Waals surface area contributed by atoms with Gasteiger partial charge in [-0.3, -0.25) is 4.79 Å². The lowest BCUT2D eigenvalue weighted by molar-refractivity contribution is -0.134. The van der Waals surface area contributed by atoms with Gasteiger partial charge in [0.15, 0.2) is 0 Å². The molecule has 1 amide bonds. The molecule has 1 atom stereocenters. The summed E-state index contributed by atoms with van der Waals surface area (Å²) in [5, 5.41) is 0. The van der Waals surface area contributed by atoms with Gasteiger partial charge >= 0.3 is 0 Å². The summed E-state index contributed by atoms with van der Waals surface area (Å²) in [7, 11) is -0.606. The molecule has 0 saturated carbocycles. The minimum absolute atomic E-state index is 0.0110. The standard InChI is InChI=1S/C21H24N2O5S/c1-27-14-20(24)22-12-11-21(15-22)18-5-3-4-6-19(18)29(25,26)23(21)13-16-7-9-17(28-2)10-8-16/h3-10H,11-15H2,1-2H3. The molecular formula is C21H24N2O5S. The fourth-order valence-corrected chi connectivity index (χ4v) is 6.39. The Balaban J connectivity index is 1.74. The van der Waals surface area contributed by atoms with Crippen LogP contribution < -0.4 is 4.74 Å². The minimum atomic E-state index is -3.68. The van der Waals surface area contributed by atoms with Gasteiger partial charge in [0.2, 0.25) is 15.9 Å². The van der Waals surface area contributed by atoms with Gasteiger partial charge in [-0.15, -0.1) is 0 Å². The first-order valence-electron chi connectivity index (χ1n) is 9.44. The molecule has 2 aliphatic heterocycles. The van der Waals surface area contributed by atoms with Crippen LogP contribution in [0.1, 0.15) is 17.5 Å². The van der Waals surface area contributed by atoms with Crippen LogP contribution in [0.2, 0.25) is 0 Å². The third kappa shape index (κ3) is 3.21. The summed E-state index contributed by atoms with van der Waals surface area (Å²) in [4.78, 5) is 14.4. The zero-order valence-electron chi connectivity index (χ0n) is 16.5. The van der Waals surface area contributed by atoms with E-state index in [1.54, 1.807) is 28.4 Å². The Morgan fingerprint density at radius 1 is 1.10 bits per heavy atom. The first-order chi connectivity index (χ1) is 13.9. The van der Waals surface area contributed by atoms with E-state index in [9.17, 15) is 13.2 Å². The Bertz CT molecular complexity index is 1020. The molecule has 7 nitrogen and oxygen atoms in total. The first-order valence-corrected chi connectivity index (χ1v) is 10.9. The molecule has 2 aliphatic rings. The average Bonchev–Trinajstić information content (AvgIpc) is 3.25. The van der Waals surface area contributed by atoms with Crippen molar-refractivity contribution in [2.45, 2.75) is 23.4 Å². The number of hydrogen-bond acceptors (Lipinski definition) is 5. The smallest absolute Gasteiger partial charge is 0.248 e. The van der Waals surface area contributed by atoms with Crippen LogP contribution >= 0.6 is 0 Å². The molecule has 0 aromatic heterocycles. The van der Waals surface area contributed by atoms with Crippen LogP contribution in [0.15, 0.2) is 53.4 Å². The number of benzene rings is 2. The van der Waals surface area contributed by atoms with Crippen LogP contribution in [-0.2, 0) is 31.6 Å². The third-order valence-electron chi connectivity index (χ3n) is 5.79. The maximum Gasteiger partial charge on any atom is 0.248 e. The zero-order chi connectivity index (χ0) is 20.6.